The number of aliphatic hydroxyl groups is 1. The van der Waals surface area contributed by atoms with Crippen LogP contribution in [0.2, 0.25) is 0 Å². The lowest BCUT2D eigenvalue weighted by Gasteiger charge is -2.29. The fraction of sp³-hybridized carbons (Fsp3) is 0.312. The van der Waals surface area contributed by atoms with Gasteiger partial charge in [-0.2, -0.15) is 0 Å². The number of hydrogen-bond acceptors (Lipinski definition) is 2. The lowest BCUT2D eigenvalue weighted by molar-refractivity contribution is 0.216. The van der Waals surface area contributed by atoms with E-state index in [9.17, 15) is 9.50 Å². The molecule has 98 valence electrons. The summed E-state index contributed by atoms with van der Waals surface area (Å²) in [6.45, 7) is 0. The third-order valence-corrected chi connectivity index (χ3v) is 3.88. The van der Waals surface area contributed by atoms with Gasteiger partial charge in [-0.3, -0.25) is 4.98 Å². The predicted molar refractivity (Wildman–Crippen MR) is 71.3 cm³/mol. The summed E-state index contributed by atoms with van der Waals surface area (Å²) in [6, 6.07) is 9.23. The van der Waals surface area contributed by atoms with Crippen molar-refractivity contribution in [3.05, 3.63) is 65.2 Å². The average Bonchev–Trinajstić information content (AvgIpc) is 2.37. The minimum Gasteiger partial charge on any atom is -0.384 e. The summed E-state index contributed by atoms with van der Waals surface area (Å²) in [7, 11) is 0. The van der Waals surface area contributed by atoms with Crippen molar-refractivity contribution >= 4 is 0 Å². The van der Waals surface area contributed by atoms with Crippen LogP contribution in [-0.2, 0) is 0 Å². The number of rotatable bonds is 3. The Kier molecular flexibility index (Phi) is 3.30. The number of hydrogen-bond donors (Lipinski definition) is 1. The smallest absolute Gasteiger partial charge is 0.141 e. The molecule has 1 aromatic heterocycles. The first-order valence-corrected chi connectivity index (χ1v) is 6.63. The van der Waals surface area contributed by atoms with Crippen molar-refractivity contribution in [3.63, 3.8) is 0 Å². The molecule has 1 aromatic carbocycles. The van der Waals surface area contributed by atoms with Crippen molar-refractivity contribution in [2.24, 2.45) is 0 Å². The molecule has 19 heavy (non-hydrogen) atoms. The fourth-order valence-electron chi connectivity index (χ4n) is 2.61. The Bertz CT molecular complexity index is 580. The van der Waals surface area contributed by atoms with E-state index in [0.717, 1.165) is 11.8 Å². The van der Waals surface area contributed by atoms with Crippen LogP contribution in [-0.4, -0.2) is 10.1 Å². The maximum Gasteiger partial charge on any atom is 0.141 e. The highest BCUT2D eigenvalue weighted by atomic mass is 19.1. The normalized spacial score (nSPS) is 16.9. The third-order valence-electron chi connectivity index (χ3n) is 3.88. The van der Waals surface area contributed by atoms with Gasteiger partial charge in [-0.05, 0) is 36.0 Å². The maximum absolute atomic E-state index is 13.2. The van der Waals surface area contributed by atoms with E-state index >= 15 is 0 Å². The Hall–Kier alpha value is -1.74. The van der Waals surface area contributed by atoms with Crippen LogP contribution >= 0.6 is 0 Å². The van der Waals surface area contributed by atoms with E-state index in [1.165, 1.54) is 37.1 Å². The van der Waals surface area contributed by atoms with Crippen molar-refractivity contribution in [3.8, 4) is 0 Å². The van der Waals surface area contributed by atoms with Gasteiger partial charge in [0.1, 0.15) is 11.9 Å². The number of nitrogens with zero attached hydrogens (tertiary/aromatic N) is 1. The highest BCUT2D eigenvalue weighted by Gasteiger charge is 2.24. The van der Waals surface area contributed by atoms with Crippen LogP contribution in [0.4, 0.5) is 4.39 Å². The van der Waals surface area contributed by atoms with E-state index in [0.29, 0.717) is 11.5 Å². The number of halogens is 1. The summed E-state index contributed by atoms with van der Waals surface area (Å²) in [6.07, 6.45) is 5.45. The molecule has 0 radical (unpaired) electrons. The lowest BCUT2D eigenvalue weighted by Crippen LogP contribution is -2.13. The first-order valence-electron chi connectivity index (χ1n) is 6.63. The summed E-state index contributed by atoms with van der Waals surface area (Å²) >= 11 is 0. The number of aromatic nitrogens is 1. The van der Waals surface area contributed by atoms with E-state index in [1.807, 2.05) is 18.2 Å². The van der Waals surface area contributed by atoms with Crippen molar-refractivity contribution in [1.29, 1.82) is 0 Å². The Morgan fingerprint density at radius 3 is 2.68 bits per heavy atom. The molecule has 0 saturated heterocycles. The first-order chi connectivity index (χ1) is 9.25. The summed E-state index contributed by atoms with van der Waals surface area (Å²) in [5.41, 5.74) is 2.57. The second kappa shape index (κ2) is 5.10. The molecule has 1 atom stereocenters. The molecule has 1 saturated carbocycles. The second-order valence-electron chi connectivity index (χ2n) is 5.10. The van der Waals surface area contributed by atoms with Crippen LogP contribution in [0.1, 0.15) is 48.0 Å². The lowest BCUT2D eigenvalue weighted by atomic mass is 9.77. The predicted octanol–water partition coefficient (Wildman–Crippen LogP) is 3.57. The Morgan fingerprint density at radius 2 is 2.00 bits per heavy atom. The van der Waals surface area contributed by atoms with Crippen LogP contribution < -0.4 is 0 Å². The van der Waals surface area contributed by atoms with Gasteiger partial charge in [-0.25, -0.2) is 4.39 Å². The zero-order valence-corrected chi connectivity index (χ0v) is 10.6. The second-order valence-corrected chi connectivity index (χ2v) is 5.10. The Morgan fingerprint density at radius 1 is 1.21 bits per heavy atom. The molecule has 3 heteroatoms. The molecule has 1 fully saturated rings. The maximum atomic E-state index is 13.2. The SMILES string of the molecule is OC(c1cncc(F)c1)c1ccccc1C1CCC1. The molecule has 0 bridgehead atoms. The molecule has 1 heterocycles. The molecule has 2 aromatic rings. The standard InChI is InChI=1S/C16H16FNO/c17-13-8-12(9-18-10-13)16(19)15-7-2-1-6-14(15)11-4-3-5-11/h1-2,6-11,16,19H,3-5H2. The van der Waals surface area contributed by atoms with Crippen LogP contribution in [0.25, 0.3) is 0 Å². The van der Waals surface area contributed by atoms with Crippen molar-refractivity contribution in [2.45, 2.75) is 31.3 Å². The summed E-state index contributed by atoms with van der Waals surface area (Å²) in [4.78, 5) is 3.80. The first kappa shape index (κ1) is 12.3. The van der Waals surface area contributed by atoms with Crippen molar-refractivity contribution < 1.29 is 9.50 Å². The van der Waals surface area contributed by atoms with Crippen LogP contribution in [0.5, 0.6) is 0 Å². The molecule has 3 rings (SSSR count). The van der Waals surface area contributed by atoms with Gasteiger partial charge in [0.25, 0.3) is 0 Å². The number of aliphatic hydroxyl groups excluding tert-OH is 1. The molecule has 1 aliphatic rings. The van der Waals surface area contributed by atoms with Gasteiger partial charge < -0.3 is 5.11 Å². The molecular weight excluding hydrogens is 241 g/mol. The minimum absolute atomic E-state index is 0.419. The minimum atomic E-state index is -0.806. The summed E-state index contributed by atoms with van der Waals surface area (Å²) < 4.78 is 13.2. The van der Waals surface area contributed by atoms with Crippen molar-refractivity contribution in [2.75, 3.05) is 0 Å². The number of benzene rings is 1. The zero-order chi connectivity index (χ0) is 13.2. The van der Waals surface area contributed by atoms with Crippen molar-refractivity contribution in [1.82, 2.24) is 4.98 Å². The molecule has 2 nitrogen and oxygen atoms in total. The molecule has 1 unspecified atom stereocenters. The highest BCUT2D eigenvalue weighted by molar-refractivity contribution is 5.38. The van der Waals surface area contributed by atoms with Gasteiger partial charge in [0, 0.05) is 11.8 Å². The van der Waals surface area contributed by atoms with Gasteiger partial charge in [0.05, 0.1) is 6.20 Å². The largest absolute Gasteiger partial charge is 0.384 e. The summed E-state index contributed by atoms with van der Waals surface area (Å²) in [5, 5.41) is 10.5. The molecule has 1 N–H and O–H groups in total. The quantitative estimate of drug-likeness (QED) is 0.911. The van der Waals surface area contributed by atoms with Crippen LogP contribution in [0.3, 0.4) is 0 Å². The molecule has 0 aliphatic heterocycles. The molecule has 0 amide bonds. The van der Waals surface area contributed by atoms with Crippen LogP contribution in [0, 0.1) is 5.82 Å². The number of pyridine rings is 1. The molecule has 1 aliphatic carbocycles. The highest BCUT2D eigenvalue weighted by Crippen LogP contribution is 2.40. The van der Waals surface area contributed by atoms with E-state index < -0.39 is 11.9 Å². The van der Waals surface area contributed by atoms with Gasteiger partial charge in [-0.15, -0.1) is 0 Å². The van der Waals surface area contributed by atoms with Gasteiger partial charge in [0.2, 0.25) is 0 Å². The van der Waals surface area contributed by atoms with Crippen LogP contribution in [0.15, 0.2) is 42.7 Å². The van der Waals surface area contributed by atoms with E-state index in [-0.39, 0.29) is 0 Å². The average molecular weight is 257 g/mol. The van der Waals surface area contributed by atoms with E-state index in [1.54, 1.807) is 0 Å². The molecular formula is C16H16FNO. The topological polar surface area (TPSA) is 33.1 Å². The Balaban J connectivity index is 1.97. The van der Waals surface area contributed by atoms with Gasteiger partial charge >= 0.3 is 0 Å². The van der Waals surface area contributed by atoms with Gasteiger partial charge in [0.15, 0.2) is 0 Å². The zero-order valence-electron chi connectivity index (χ0n) is 10.6. The van der Waals surface area contributed by atoms with E-state index in [2.05, 4.69) is 11.1 Å². The van der Waals surface area contributed by atoms with E-state index in [4.69, 9.17) is 0 Å². The molecule has 0 spiro atoms. The third kappa shape index (κ3) is 2.38. The fourth-order valence-corrected chi connectivity index (χ4v) is 2.61. The van der Waals surface area contributed by atoms with Gasteiger partial charge in [-0.1, -0.05) is 30.7 Å². The Labute approximate surface area is 111 Å². The monoisotopic (exact) mass is 257 g/mol. The summed E-state index contributed by atoms with van der Waals surface area (Å²) in [5.74, 6) is 0.116.